The molecule has 0 spiro atoms. The standard InChI is InChI=1S/C15H15F3N4O2/c1-14(6-7-14)21-13(23)19-8-9-2-4-10(5-3-9)11-20-12(24-22-11)15(16,17)18/h2-5H,6-8H2,1H3,(H2,19,21,23). The van der Waals surface area contributed by atoms with Gasteiger partial charge in [-0.25, -0.2) is 4.79 Å². The second-order valence-electron chi connectivity index (χ2n) is 5.99. The van der Waals surface area contributed by atoms with Crippen LogP contribution in [0.2, 0.25) is 0 Å². The zero-order valence-electron chi connectivity index (χ0n) is 12.8. The molecule has 2 N–H and O–H groups in total. The molecule has 2 amide bonds. The lowest BCUT2D eigenvalue weighted by atomic mass is 10.1. The Balaban J connectivity index is 1.59. The zero-order chi connectivity index (χ0) is 17.4. The number of amides is 2. The first-order chi connectivity index (χ1) is 11.3. The molecule has 1 aliphatic carbocycles. The summed E-state index contributed by atoms with van der Waals surface area (Å²) in [6, 6.07) is 6.26. The van der Waals surface area contributed by atoms with Gasteiger partial charge >= 0.3 is 18.1 Å². The van der Waals surface area contributed by atoms with Crippen LogP contribution in [0, 0.1) is 0 Å². The smallest absolute Gasteiger partial charge is 0.334 e. The van der Waals surface area contributed by atoms with Crippen LogP contribution in [0.1, 0.15) is 31.2 Å². The Bertz CT molecular complexity index is 736. The van der Waals surface area contributed by atoms with E-state index in [1.807, 2.05) is 6.92 Å². The molecule has 3 rings (SSSR count). The first-order valence-corrected chi connectivity index (χ1v) is 7.31. The summed E-state index contributed by atoms with van der Waals surface area (Å²) in [6.07, 6.45) is -2.72. The maximum Gasteiger partial charge on any atom is 0.471 e. The fourth-order valence-corrected chi connectivity index (χ4v) is 2.04. The van der Waals surface area contributed by atoms with Crippen LogP contribution in [0.4, 0.5) is 18.0 Å². The number of halogens is 3. The maximum atomic E-state index is 12.4. The summed E-state index contributed by atoms with van der Waals surface area (Å²) in [6.45, 7) is 2.28. The van der Waals surface area contributed by atoms with E-state index in [4.69, 9.17) is 0 Å². The summed E-state index contributed by atoms with van der Waals surface area (Å²) >= 11 is 0. The van der Waals surface area contributed by atoms with Crippen molar-refractivity contribution in [3.8, 4) is 11.4 Å². The highest BCUT2D eigenvalue weighted by molar-refractivity contribution is 5.75. The number of carbonyl (C=O) groups is 1. The summed E-state index contributed by atoms with van der Waals surface area (Å²) < 4.78 is 41.5. The largest absolute Gasteiger partial charge is 0.471 e. The summed E-state index contributed by atoms with van der Waals surface area (Å²) in [5.41, 5.74) is 1.10. The van der Waals surface area contributed by atoms with E-state index in [2.05, 4.69) is 25.3 Å². The molecule has 1 aliphatic rings. The minimum atomic E-state index is -4.67. The topological polar surface area (TPSA) is 80.0 Å². The van der Waals surface area contributed by atoms with E-state index in [0.717, 1.165) is 18.4 Å². The number of hydrogen-bond acceptors (Lipinski definition) is 4. The van der Waals surface area contributed by atoms with Crippen molar-refractivity contribution in [1.29, 1.82) is 0 Å². The number of benzene rings is 1. The first kappa shape index (κ1) is 16.3. The molecule has 1 saturated carbocycles. The van der Waals surface area contributed by atoms with Crippen LogP contribution in [-0.4, -0.2) is 21.7 Å². The minimum Gasteiger partial charge on any atom is -0.334 e. The average molecular weight is 340 g/mol. The predicted molar refractivity (Wildman–Crippen MR) is 77.7 cm³/mol. The van der Waals surface area contributed by atoms with E-state index < -0.39 is 12.1 Å². The van der Waals surface area contributed by atoms with Crippen LogP contribution in [0.25, 0.3) is 11.4 Å². The van der Waals surface area contributed by atoms with Crippen molar-refractivity contribution in [2.75, 3.05) is 0 Å². The molecule has 0 aliphatic heterocycles. The lowest BCUT2D eigenvalue weighted by molar-refractivity contribution is -0.159. The fraction of sp³-hybridized carbons (Fsp3) is 0.400. The SMILES string of the molecule is CC1(NC(=O)NCc2ccc(-c3noc(C(F)(F)F)n3)cc2)CC1. The van der Waals surface area contributed by atoms with Crippen LogP contribution in [0.5, 0.6) is 0 Å². The zero-order valence-corrected chi connectivity index (χ0v) is 12.8. The van der Waals surface area contributed by atoms with E-state index in [9.17, 15) is 18.0 Å². The highest BCUT2D eigenvalue weighted by Gasteiger charge is 2.39. The van der Waals surface area contributed by atoms with Gasteiger partial charge in [0.15, 0.2) is 0 Å². The van der Waals surface area contributed by atoms with Gasteiger partial charge in [0, 0.05) is 17.6 Å². The third-order valence-corrected chi connectivity index (χ3v) is 3.75. The van der Waals surface area contributed by atoms with E-state index in [1.54, 1.807) is 24.3 Å². The fourth-order valence-electron chi connectivity index (χ4n) is 2.04. The number of nitrogens with zero attached hydrogens (tertiary/aromatic N) is 2. The molecule has 0 atom stereocenters. The Morgan fingerprint density at radius 3 is 2.50 bits per heavy atom. The molecule has 1 aromatic heterocycles. The van der Waals surface area contributed by atoms with Gasteiger partial charge < -0.3 is 15.2 Å². The second-order valence-corrected chi connectivity index (χ2v) is 5.99. The Hall–Kier alpha value is -2.58. The summed E-state index contributed by atoms with van der Waals surface area (Å²) in [7, 11) is 0. The van der Waals surface area contributed by atoms with E-state index >= 15 is 0 Å². The highest BCUT2D eigenvalue weighted by atomic mass is 19.4. The third kappa shape index (κ3) is 3.84. The summed E-state index contributed by atoms with van der Waals surface area (Å²) in [5, 5.41) is 8.91. The number of nitrogens with one attached hydrogen (secondary N) is 2. The molecular weight excluding hydrogens is 325 g/mol. The van der Waals surface area contributed by atoms with Gasteiger partial charge in [-0.2, -0.15) is 18.2 Å². The van der Waals surface area contributed by atoms with Crippen molar-refractivity contribution in [3.05, 3.63) is 35.7 Å². The van der Waals surface area contributed by atoms with Crippen LogP contribution < -0.4 is 10.6 Å². The van der Waals surface area contributed by atoms with Crippen LogP contribution in [-0.2, 0) is 12.7 Å². The molecule has 6 nitrogen and oxygen atoms in total. The number of aromatic nitrogens is 2. The van der Waals surface area contributed by atoms with Gasteiger partial charge in [-0.15, -0.1) is 0 Å². The van der Waals surface area contributed by atoms with Gasteiger partial charge in [0.05, 0.1) is 0 Å². The van der Waals surface area contributed by atoms with Crippen molar-refractivity contribution < 1.29 is 22.5 Å². The molecule has 0 bridgehead atoms. The Morgan fingerprint density at radius 2 is 1.96 bits per heavy atom. The molecule has 1 aromatic carbocycles. The maximum absolute atomic E-state index is 12.4. The van der Waals surface area contributed by atoms with Crippen LogP contribution in [0.15, 0.2) is 28.8 Å². The number of carbonyl (C=O) groups excluding carboxylic acids is 1. The lowest BCUT2D eigenvalue weighted by Crippen LogP contribution is -2.41. The van der Waals surface area contributed by atoms with Gasteiger partial charge in [-0.3, -0.25) is 0 Å². The molecule has 9 heteroatoms. The Labute approximate surface area is 135 Å². The predicted octanol–water partition coefficient (Wildman–Crippen LogP) is 3.11. The van der Waals surface area contributed by atoms with Crippen molar-refractivity contribution in [1.82, 2.24) is 20.8 Å². The number of urea groups is 1. The Morgan fingerprint density at radius 1 is 1.29 bits per heavy atom. The quantitative estimate of drug-likeness (QED) is 0.896. The first-order valence-electron chi connectivity index (χ1n) is 7.31. The molecular formula is C15H15F3N4O2. The van der Waals surface area contributed by atoms with Gasteiger partial charge in [-0.1, -0.05) is 29.4 Å². The van der Waals surface area contributed by atoms with Gasteiger partial charge in [0.1, 0.15) is 0 Å². The third-order valence-electron chi connectivity index (χ3n) is 3.75. The van der Waals surface area contributed by atoms with Crippen LogP contribution in [0.3, 0.4) is 0 Å². The molecule has 0 unspecified atom stereocenters. The monoisotopic (exact) mass is 340 g/mol. The van der Waals surface area contributed by atoms with E-state index in [-0.39, 0.29) is 17.4 Å². The molecule has 128 valence electrons. The lowest BCUT2D eigenvalue weighted by Gasteiger charge is -2.12. The van der Waals surface area contributed by atoms with Crippen LogP contribution >= 0.6 is 0 Å². The second kappa shape index (κ2) is 5.81. The molecule has 0 saturated heterocycles. The van der Waals surface area contributed by atoms with Gasteiger partial charge in [-0.05, 0) is 25.3 Å². The van der Waals surface area contributed by atoms with Crippen molar-refractivity contribution in [3.63, 3.8) is 0 Å². The van der Waals surface area contributed by atoms with Crippen molar-refractivity contribution in [2.45, 2.75) is 38.0 Å². The molecule has 1 heterocycles. The molecule has 2 aromatic rings. The summed E-state index contributed by atoms with van der Waals surface area (Å²) in [5.74, 6) is -1.52. The van der Waals surface area contributed by atoms with E-state index in [1.165, 1.54) is 0 Å². The van der Waals surface area contributed by atoms with Crippen molar-refractivity contribution >= 4 is 6.03 Å². The van der Waals surface area contributed by atoms with Gasteiger partial charge in [0.2, 0.25) is 5.82 Å². The number of alkyl halides is 3. The highest BCUT2D eigenvalue weighted by Crippen LogP contribution is 2.34. The van der Waals surface area contributed by atoms with Gasteiger partial charge in [0.25, 0.3) is 0 Å². The minimum absolute atomic E-state index is 0.0945. The molecule has 1 fully saturated rings. The number of hydrogen-bond donors (Lipinski definition) is 2. The summed E-state index contributed by atoms with van der Waals surface area (Å²) in [4.78, 5) is 15.0. The average Bonchev–Trinajstić information content (AvgIpc) is 3.03. The normalized spacial score (nSPS) is 15.8. The van der Waals surface area contributed by atoms with Crippen molar-refractivity contribution in [2.24, 2.45) is 0 Å². The van der Waals surface area contributed by atoms with E-state index in [0.29, 0.717) is 12.1 Å². The molecule has 24 heavy (non-hydrogen) atoms. The Kier molecular flexibility index (Phi) is 3.94. The molecule has 0 radical (unpaired) electrons. The number of rotatable bonds is 4.